The van der Waals surface area contributed by atoms with E-state index >= 15 is 0 Å². The summed E-state index contributed by atoms with van der Waals surface area (Å²) < 4.78 is 22.2. The molecule has 0 aliphatic carbocycles. The van der Waals surface area contributed by atoms with Crippen molar-refractivity contribution < 1.29 is 24.1 Å². The molecule has 0 aromatic carbocycles. The molecule has 3 saturated heterocycles. The number of ether oxygens (including phenoxy) is 2. The molecule has 3 rings (SSSR count). The van der Waals surface area contributed by atoms with E-state index in [4.69, 9.17) is 14.9 Å². The van der Waals surface area contributed by atoms with E-state index in [1.54, 1.807) is 0 Å². The average Bonchev–Trinajstić information content (AvgIpc) is 1.99. The summed E-state index contributed by atoms with van der Waals surface area (Å²) in [5, 5.41) is 18.3. The van der Waals surface area contributed by atoms with Gasteiger partial charge in [0, 0.05) is 0 Å². The van der Waals surface area contributed by atoms with Crippen molar-refractivity contribution in [3.8, 4) is 0 Å². The van der Waals surface area contributed by atoms with Crippen LogP contribution in [-0.2, 0) is 9.47 Å². The Hall–Kier alpha value is -0.230. The van der Waals surface area contributed by atoms with E-state index in [9.17, 15) is 4.39 Å². The molecule has 0 unspecified atom stereocenters. The van der Waals surface area contributed by atoms with Crippen molar-refractivity contribution in [2.45, 2.75) is 30.8 Å². The molecular weight excluding hydrogens is 155 g/mol. The molecule has 3 aliphatic rings. The molecule has 64 valence electrons. The average molecular weight is 164 g/mol. The van der Waals surface area contributed by atoms with Gasteiger partial charge in [-0.2, -0.15) is 0 Å². The van der Waals surface area contributed by atoms with Crippen LogP contribution >= 0.6 is 0 Å². The van der Waals surface area contributed by atoms with E-state index in [1.807, 2.05) is 0 Å². The van der Waals surface area contributed by atoms with E-state index in [1.165, 1.54) is 0 Å². The minimum atomic E-state index is -1.60. The number of hydrogen-bond donors (Lipinski definition) is 2. The topological polar surface area (TPSA) is 58.9 Å². The maximum Gasteiger partial charge on any atom is 0.228 e. The summed E-state index contributed by atoms with van der Waals surface area (Å²) in [6, 6.07) is 0. The minimum absolute atomic E-state index is 0.156. The second kappa shape index (κ2) is 2.38. The summed E-state index contributed by atoms with van der Waals surface area (Å²) in [7, 11) is 0. The fourth-order valence-corrected chi connectivity index (χ4v) is 1.41. The van der Waals surface area contributed by atoms with Crippen LogP contribution in [0.4, 0.5) is 4.39 Å². The standard InChI is InChI=1S/C6H9FO4/c7-6-5-4(9)3(8)2(11-6)1-10-5/h2-6,8-9H,1H2/t2-,3-,4+,5+,6-/m1/s1. The van der Waals surface area contributed by atoms with E-state index in [2.05, 4.69) is 4.74 Å². The van der Waals surface area contributed by atoms with Gasteiger partial charge < -0.3 is 19.7 Å². The lowest BCUT2D eigenvalue weighted by molar-refractivity contribution is -0.324. The first-order valence-electron chi connectivity index (χ1n) is 3.47. The van der Waals surface area contributed by atoms with Crippen molar-refractivity contribution in [3.63, 3.8) is 0 Å². The Labute approximate surface area is 62.5 Å². The van der Waals surface area contributed by atoms with Gasteiger partial charge in [0.2, 0.25) is 6.36 Å². The fraction of sp³-hybridized carbons (Fsp3) is 1.00. The smallest absolute Gasteiger partial charge is 0.228 e. The largest absolute Gasteiger partial charge is 0.387 e. The maximum absolute atomic E-state index is 12.7. The maximum atomic E-state index is 12.7. The Morgan fingerprint density at radius 3 is 2.45 bits per heavy atom. The van der Waals surface area contributed by atoms with Crippen LogP contribution in [-0.4, -0.2) is 47.6 Å². The quantitative estimate of drug-likeness (QED) is 0.472. The van der Waals surface area contributed by atoms with Crippen molar-refractivity contribution in [1.82, 2.24) is 0 Å². The van der Waals surface area contributed by atoms with Crippen LogP contribution in [0.5, 0.6) is 0 Å². The molecule has 2 bridgehead atoms. The van der Waals surface area contributed by atoms with Gasteiger partial charge in [-0.1, -0.05) is 0 Å². The molecule has 0 aromatic heterocycles. The second-order valence-electron chi connectivity index (χ2n) is 2.80. The van der Waals surface area contributed by atoms with Gasteiger partial charge in [0.05, 0.1) is 6.61 Å². The van der Waals surface area contributed by atoms with Crippen LogP contribution in [0.15, 0.2) is 0 Å². The number of alkyl halides is 1. The highest BCUT2D eigenvalue weighted by atomic mass is 19.1. The number of hydrogen-bond acceptors (Lipinski definition) is 4. The molecule has 0 aromatic rings. The zero-order valence-electron chi connectivity index (χ0n) is 5.68. The second-order valence-corrected chi connectivity index (χ2v) is 2.80. The van der Waals surface area contributed by atoms with Crippen molar-refractivity contribution in [2.75, 3.05) is 6.61 Å². The van der Waals surface area contributed by atoms with Crippen molar-refractivity contribution >= 4 is 0 Å². The molecule has 3 fully saturated rings. The van der Waals surface area contributed by atoms with Crippen molar-refractivity contribution in [3.05, 3.63) is 0 Å². The first kappa shape index (κ1) is 7.42. The van der Waals surface area contributed by atoms with Gasteiger partial charge in [0.25, 0.3) is 0 Å². The van der Waals surface area contributed by atoms with Crippen LogP contribution in [0.25, 0.3) is 0 Å². The highest BCUT2D eigenvalue weighted by molar-refractivity contribution is 4.93. The number of rotatable bonds is 0. The Morgan fingerprint density at radius 2 is 2.00 bits per heavy atom. The summed E-state index contributed by atoms with van der Waals surface area (Å²) in [6.45, 7) is 0.156. The van der Waals surface area contributed by atoms with Gasteiger partial charge >= 0.3 is 0 Å². The molecule has 3 heterocycles. The molecule has 3 aliphatic heterocycles. The number of fused-ring (bicyclic) bond motifs is 3. The molecular formula is C6H9FO4. The van der Waals surface area contributed by atoms with E-state index in [-0.39, 0.29) is 6.61 Å². The summed E-state index contributed by atoms with van der Waals surface area (Å²) in [4.78, 5) is 0. The molecule has 0 amide bonds. The van der Waals surface area contributed by atoms with E-state index < -0.39 is 30.8 Å². The molecule has 5 atom stereocenters. The lowest BCUT2D eigenvalue weighted by atomic mass is 9.97. The lowest BCUT2D eigenvalue weighted by Crippen LogP contribution is -2.63. The Morgan fingerprint density at radius 1 is 1.27 bits per heavy atom. The van der Waals surface area contributed by atoms with E-state index in [0.29, 0.717) is 0 Å². The fourth-order valence-electron chi connectivity index (χ4n) is 1.41. The molecule has 0 spiro atoms. The zero-order chi connectivity index (χ0) is 8.01. The van der Waals surface area contributed by atoms with Gasteiger partial charge in [-0.15, -0.1) is 0 Å². The van der Waals surface area contributed by atoms with Crippen LogP contribution in [0.1, 0.15) is 0 Å². The summed E-state index contributed by atoms with van der Waals surface area (Å²) in [6.07, 6.45) is -5.51. The SMILES string of the molecule is O[C@H]1[C@H](O)[C@H]2CO[C@@H]1[C@H](F)O2. The third kappa shape index (κ3) is 0.961. The third-order valence-electron chi connectivity index (χ3n) is 2.08. The molecule has 11 heavy (non-hydrogen) atoms. The molecule has 0 radical (unpaired) electrons. The molecule has 4 nitrogen and oxygen atoms in total. The molecule has 2 N–H and O–H groups in total. The third-order valence-corrected chi connectivity index (χ3v) is 2.08. The van der Waals surface area contributed by atoms with Gasteiger partial charge in [-0.05, 0) is 0 Å². The monoisotopic (exact) mass is 164 g/mol. The van der Waals surface area contributed by atoms with Crippen LogP contribution < -0.4 is 0 Å². The number of halogens is 1. The normalized spacial score (nSPS) is 56.5. The zero-order valence-corrected chi connectivity index (χ0v) is 5.68. The summed E-state index contributed by atoms with van der Waals surface area (Å²) >= 11 is 0. The molecule has 5 heteroatoms. The van der Waals surface area contributed by atoms with Crippen LogP contribution in [0.2, 0.25) is 0 Å². The summed E-state index contributed by atoms with van der Waals surface area (Å²) in [5.74, 6) is 0. The molecule has 0 saturated carbocycles. The Bertz CT molecular complexity index is 163. The van der Waals surface area contributed by atoms with Gasteiger partial charge in [-0.3, -0.25) is 0 Å². The Kier molecular flexibility index (Phi) is 1.61. The van der Waals surface area contributed by atoms with Crippen LogP contribution in [0.3, 0.4) is 0 Å². The summed E-state index contributed by atoms with van der Waals surface area (Å²) in [5.41, 5.74) is 0. The van der Waals surface area contributed by atoms with Gasteiger partial charge in [0.15, 0.2) is 0 Å². The van der Waals surface area contributed by atoms with Crippen molar-refractivity contribution in [2.24, 2.45) is 0 Å². The minimum Gasteiger partial charge on any atom is -0.387 e. The highest BCUT2D eigenvalue weighted by Gasteiger charge is 2.50. The van der Waals surface area contributed by atoms with E-state index in [0.717, 1.165) is 0 Å². The predicted molar refractivity (Wildman–Crippen MR) is 31.5 cm³/mol. The van der Waals surface area contributed by atoms with Gasteiger partial charge in [0.1, 0.15) is 24.4 Å². The Balaban J connectivity index is 2.16. The van der Waals surface area contributed by atoms with Crippen LogP contribution in [0, 0.1) is 0 Å². The van der Waals surface area contributed by atoms with Gasteiger partial charge in [-0.25, -0.2) is 4.39 Å². The first-order chi connectivity index (χ1) is 5.20. The first-order valence-corrected chi connectivity index (χ1v) is 3.47. The number of aliphatic hydroxyl groups excluding tert-OH is 2. The highest BCUT2D eigenvalue weighted by Crippen LogP contribution is 2.29. The van der Waals surface area contributed by atoms with Crippen molar-refractivity contribution in [1.29, 1.82) is 0 Å². The lowest BCUT2D eigenvalue weighted by Gasteiger charge is -2.44. The number of aliphatic hydroxyl groups is 2. The predicted octanol–water partition coefficient (Wildman–Crippen LogP) is -1.20.